The van der Waals surface area contributed by atoms with E-state index < -0.39 is 0 Å². The fourth-order valence-electron chi connectivity index (χ4n) is 4.90. The van der Waals surface area contributed by atoms with Crippen molar-refractivity contribution in [3.05, 3.63) is 46.0 Å². The van der Waals surface area contributed by atoms with Gasteiger partial charge in [-0.3, -0.25) is 15.0 Å². The highest BCUT2D eigenvalue weighted by Crippen LogP contribution is 2.52. The van der Waals surface area contributed by atoms with Gasteiger partial charge in [0.2, 0.25) is 0 Å². The van der Waals surface area contributed by atoms with Gasteiger partial charge in [0.1, 0.15) is 0 Å². The first-order valence-electron chi connectivity index (χ1n) is 8.42. The second kappa shape index (κ2) is 5.75. The van der Waals surface area contributed by atoms with E-state index in [4.69, 9.17) is 0 Å². The molecule has 4 heteroatoms. The molecule has 0 radical (unpaired) electrons. The summed E-state index contributed by atoms with van der Waals surface area (Å²) in [6.07, 6.45) is 7.81. The van der Waals surface area contributed by atoms with E-state index in [2.05, 4.69) is 31.7 Å². The second-order valence-corrected chi connectivity index (χ2v) is 8.36. The summed E-state index contributed by atoms with van der Waals surface area (Å²) in [7, 11) is 0. The Labute approximate surface area is 138 Å². The predicted molar refractivity (Wildman–Crippen MR) is 93.2 cm³/mol. The highest BCUT2D eigenvalue weighted by Gasteiger charge is 2.48. The highest BCUT2D eigenvalue weighted by atomic mass is 16.6. The first-order valence-corrected chi connectivity index (χ1v) is 8.42. The van der Waals surface area contributed by atoms with Gasteiger partial charge in [-0.05, 0) is 36.2 Å². The van der Waals surface area contributed by atoms with E-state index in [1.807, 2.05) is 12.1 Å². The average molecular weight is 314 g/mol. The van der Waals surface area contributed by atoms with Crippen molar-refractivity contribution in [2.24, 2.45) is 10.8 Å². The van der Waals surface area contributed by atoms with Crippen molar-refractivity contribution in [3.8, 4) is 0 Å². The van der Waals surface area contributed by atoms with Gasteiger partial charge >= 0.3 is 0 Å². The minimum Gasteiger partial charge on any atom is -0.296 e. The summed E-state index contributed by atoms with van der Waals surface area (Å²) in [5.41, 5.74) is 1.72. The molecule has 3 rings (SSSR count). The van der Waals surface area contributed by atoms with Crippen molar-refractivity contribution in [3.63, 3.8) is 0 Å². The molecule has 23 heavy (non-hydrogen) atoms. The van der Waals surface area contributed by atoms with Gasteiger partial charge in [-0.1, -0.05) is 45.1 Å². The third-order valence-electron chi connectivity index (χ3n) is 5.29. The monoisotopic (exact) mass is 314 g/mol. The van der Waals surface area contributed by atoms with Gasteiger partial charge in [0, 0.05) is 25.2 Å². The van der Waals surface area contributed by atoms with E-state index >= 15 is 0 Å². The third kappa shape index (κ3) is 3.47. The smallest absolute Gasteiger partial charge is 0.276 e. The zero-order chi connectivity index (χ0) is 16.7. The minimum atomic E-state index is -0.313. The van der Waals surface area contributed by atoms with Crippen LogP contribution in [0.1, 0.15) is 45.6 Å². The molecule has 0 spiro atoms. The molecule has 2 aliphatic rings. The summed E-state index contributed by atoms with van der Waals surface area (Å²) in [6, 6.07) is 7.58. The van der Waals surface area contributed by atoms with Crippen LogP contribution in [-0.2, 0) is 0 Å². The lowest BCUT2D eigenvalue weighted by molar-refractivity contribution is -0.385. The fourth-order valence-corrected chi connectivity index (χ4v) is 4.90. The lowest BCUT2D eigenvalue weighted by Crippen LogP contribution is -2.34. The first kappa shape index (κ1) is 16.2. The molecule has 1 aromatic rings. The molecule has 0 unspecified atom stereocenters. The van der Waals surface area contributed by atoms with Crippen LogP contribution < -0.4 is 0 Å². The lowest BCUT2D eigenvalue weighted by atomic mass is 9.65. The van der Waals surface area contributed by atoms with Gasteiger partial charge in [-0.25, -0.2) is 0 Å². The van der Waals surface area contributed by atoms with Gasteiger partial charge in [-0.2, -0.15) is 0 Å². The molecule has 0 amide bonds. The summed E-state index contributed by atoms with van der Waals surface area (Å²) in [5, 5.41) is 11.1. The molecule has 1 saturated heterocycles. The molecule has 1 aliphatic carbocycles. The molecule has 4 nitrogen and oxygen atoms in total. The van der Waals surface area contributed by atoms with Crippen molar-refractivity contribution in [1.29, 1.82) is 0 Å². The van der Waals surface area contributed by atoms with Gasteiger partial charge in [-0.15, -0.1) is 0 Å². The van der Waals surface area contributed by atoms with Crippen LogP contribution >= 0.6 is 0 Å². The first-order chi connectivity index (χ1) is 10.8. The summed E-state index contributed by atoms with van der Waals surface area (Å²) >= 11 is 0. The minimum absolute atomic E-state index is 0.178. The van der Waals surface area contributed by atoms with Crippen LogP contribution in [0.2, 0.25) is 0 Å². The van der Waals surface area contributed by atoms with Crippen molar-refractivity contribution >= 4 is 11.8 Å². The average Bonchev–Trinajstić information content (AvgIpc) is 2.68. The Bertz CT molecular complexity index is 638. The number of nitro groups is 1. The second-order valence-electron chi connectivity index (χ2n) is 8.36. The molecule has 2 fully saturated rings. The number of rotatable bonds is 4. The van der Waals surface area contributed by atoms with Crippen LogP contribution in [0, 0.1) is 20.9 Å². The van der Waals surface area contributed by atoms with Gasteiger partial charge in [0.05, 0.1) is 10.5 Å². The highest BCUT2D eigenvalue weighted by molar-refractivity contribution is 5.60. The van der Waals surface area contributed by atoms with Crippen molar-refractivity contribution in [1.82, 2.24) is 4.90 Å². The van der Waals surface area contributed by atoms with Crippen LogP contribution in [0.15, 0.2) is 30.3 Å². The number of likely N-dealkylation sites (tertiary alicyclic amines) is 1. The predicted octanol–water partition coefficient (Wildman–Crippen LogP) is 4.51. The number of nitrogens with zero attached hydrogens (tertiary/aromatic N) is 2. The topological polar surface area (TPSA) is 46.4 Å². The molecule has 1 aromatic carbocycles. The van der Waals surface area contributed by atoms with Gasteiger partial charge in [0.15, 0.2) is 0 Å². The van der Waals surface area contributed by atoms with E-state index in [1.54, 1.807) is 18.2 Å². The number of nitro benzene ring substituents is 1. The Morgan fingerprint density at radius 2 is 2.04 bits per heavy atom. The maximum Gasteiger partial charge on any atom is 0.276 e. The quantitative estimate of drug-likeness (QED) is 0.607. The normalized spacial score (nSPS) is 30.0. The molecule has 1 aliphatic heterocycles. The molecule has 1 saturated carbocycles. The van der Waals surface area contributed by atoms with Gasteiger partial charge < -0.3 is 0 Å². The summed E-state index contributed by atoms with van der Waals surface area (Å²) in [5.74, 6) is 0. The maximum absolute atomic E-state index is 11.1. The Morgan fingerprint density at radius 1 is 1.30 bits per heavy atom. The largest absolute Gasteiger partial charge is 0.296 e. The van der Waals surface area contributed by atoms with Crippen LogP contribution in [0.25, 0.3) is 6.08 Å². The number of fused-ring (bicyclic) bond motifs is 2. The number of benzene rings is 1. The molecular weight excluding hydrogens is 288 g/mol. The number of hydrogen-bond donors (Lipinski definition) is 0. The third-order valence-corrected chi connectivity index (χ3v) is 5.29. The Morgan fingerprint density at radius 3 is 2.78 bits per heavy atom. The van der Waals surface area contributed by atoms with E-state index in [-0.39, 0.29) is 10.6 Å². The maximum atomic E-state index is 11.1. The van der Waals surface area contributed by atoms with Crippen LogP contribution in [0.5, 0.6) is 0 Å². The van der Waals surface area contributed by atoms with E-state index in [0.29, 0.717) is 22.4 Å². The fraction of sp³-hybridized carbons (Fsp3) is 0.579. The molecule has 0 N–H and O–H groups in total. The Kier molecular flexibility index (Phi) is 4.05. The van der Waals surface area contributed by atoms with Crippen molar-refractivity contribution < 1.29 is 4.92 Å². The molecule has 2 atom stereocenters. The number of para-hydroxylation sites is 1. The molecule has 0 aromatic heterocycles. The summed E-state index contributed by atoms with van der Waals surface area (Å²) in [4.78, 5) is 13.3. The van der Waals surface area contributed by atoms with Crippen LogP contribution in [0.4, 0.5) is 5.69 Å². The van der Waals surface area contributed by atoms with Crippen LogP contribution in [0.3, 0.4) is 0 Å². The lowest BCUT2D eigenvalue weighted by Gasteiger charge is -2.39. The number of hydrogen-bond acceptors (Lipinski definition) is 3. The van der Waals surface area contributed by atoms with E-state index in [1.165, 1.54) is 19.3 Å². The van der Waals surface area contributed by atoms with E-state index in [0.717, 1.165) is 13.1 Å². The van der Waals surface area contributed by atoms with Crippen LogP contribution in [-0.4, -0.2) is 29.0 Å². The molecule has 2 bridgehead atoms. The van der Waals surface area contributed by atoms with E-state index in [9.17, 15) is 10.1 Å². The molecular formula is C19H26N2O2. The zero-order valence-electron chi connectivity index (χ0n) is 14.3. The summed E-state index contributed by atoms with van der Waals surface area (Å²) in [6.45, 7) is 9.19. The Balaban J connectivity index is 1.69. The zero-order valence-corrected chi connectivity index (χ0v) is 14.3. The van der Waals surface area contributed by atoms with Crippen molar-refractivity contribution in [2.75, 3.05) is 13.1 Å². The molecule has 1 heterocycles. The van der Waals surface area contributed by atoms with Crippen molar-refractivity contribution in [2.45, 2.75) is 46.1 Å². The SMILES string of the molecule is CC1(C)C[C@H]2C[C@](C)(CN2C/C=C/c2ccccc2[N+](=O)[O-])C1. The van der Waals surface area contributed by atoms with Gasteiger partial charge in [0.25, 0.3) is 5.69 Å². The molecule has 124 valence electrons. The summed E-state index contributed by atoms with van der Waals surface area (Å²) < 4.78 is 0. The standard InChI is InChI=1S/C19H26N2O2/c1-18(2)11-16-12-19(3,13-18)14-20(16)10-6-8-15-7-4-5-9-17(15)21(22)23/h4-9,16H,10-14H2,1-3H3/b8-6+/t16-,19-/m0/s1. The Hall–Kier alpha value is -1.68.